The Morgan fingerprint density at radius 1 is 0.962 bits per heavy atom. The molecule has 0 rings (SSSR count). The van der Waals surface area contributed by atoms with Gasteiger partial charge in [-0.1, -0.05) is 0 Å². The standard InChI is InChI=1S/C15H28N4O6S/c1-7(12(21)18-8(2)15(24)25)17-14(23)11(9(3)20)19-13(22)10(16)5-6-26-4/h7-11,20H,5-6,16H2,1-4H3,(H,17,23)(H,18,21)(H,19,22)(H,24,25)/t7-,8-,9+,10-,11-/m0/s1. The van der Waals surface area contributed by atoms with E-state index in [9.17, 15) is 24.3 Å². The van der Waals surface area contributed by atoms with Crippen molar-refractivity contribution in [3.63, 3.8) is 0 Å². The number of aliphatic carboxylic acids is 1. The number of hydrogen-bond donors (Lipinski definition) is 6. The molecule has 150 valence electrons. The first kappa shape index (κ1) is 24.1. The molecule has 0 aromatic rings. The van der Waals surface area contributed by atoms with Gasteiger partial charge < -0.3 is 31.9 Å². The van der Waals surface area contributed by atoms with Gasteiger partial charge in [0.05, 0.1) is 12.1 Å². The summed E-state index contributed by atoms with van der Waals surface area (Å²) in [6.45, 7) is 3.95. The van der Waals surface area contributed by atoms with E-state index in [1.54, 1.807) is 0 Å². The SMILES string of the molecule is CSCC[C@H](N)C(=O)N[C@H](C(=O)N[C@@H](C)C(=O)N[C@@H](C)C(=O)O)[C@@H](C)O. The fourth-order valence-electron chi connectivity index (χ4n) is 1.81. The van der Waals surface area contributed by atoms with Gasteiger partial charge in [0, 0.05) is 0 Å². The minimum absolute atomic E-state index is 0.410. The normalized spacial score (nSPS) is 16.5. The molecule has 0 aromatic carbocycles. The topological polar surface area (TPSA) is 171 Å². The second kappa shape index (κ2) is 11.7. The molecule has 3 amide bonds. The Labute approximate surface area is 156 Å². The Morgan fingerprint density at radius 3 is 1.96 bits per heavy atom. The van der Waals surface area contributed by atoms with Crippen LogP contribution in [0.25, 0.3) is 0 Å². The van der Waals surface area contributed by atoms with Gasteiger partial charge >= 0.3 is 5.97 Å². The van der Waals surface area contributed by atoms with Crippen molar-refractivity contribution in [2.24, 2.45) is 5.73 Å². The van der Waals surface area contributed by atoms with Crippen LogP contribution in [0.15, 0.2) is 0 Å². The molecule has 0 aliphatic carbocycles. The number of rotatable bonds is 11. The van der Waals surface area contributed by atoms with Gasteiger partial charge in [-0.3, -0.25) is 19.2 Å². The molecule has 0 radical (unpaired) electrons. The minimum atomic E-state index is -1.30. The predicted octanol–water partition coefficient (Wildman–Crippen LogP) is -1.97. The fourth-order valence-corrected chi connectivity index (χ4v) is 2.30. The molecule has 0 fully saturated rings. The van der Waals surface area contributed by atoms with Crippen LogP contribution in [-0.2, 0) is 19.2 Å². The van der Waals surface area contributed by atoms with Crippen LogP contribution in [0.4, 0.5) is 0 Å². The third-order valence-corrected chi connectivity index (χ3v) is 4.16. The van der Waals surface area contributed by atoms with E-state index in [0.29, 0.717) is 12.2 Å². The van der Waals surface area contributed by atoms with Gasteiger partial charge in [-0.15, -0.1) is 0 Å². The molecule has 0 bridgehead atoms. The number of carbonyl (C=O) groups is 4. The zero-order chi connectivity index (χ0) is 20.4. The first-order valence-corrected chi connectivity index (χ1v) is 9.47. The van der Waals surface area contributed by atoms with Crippen LogP contribution in [0.2, 0.25) is 0 Å². The van der Waals surface area contributed by atoms with Crippen molar-refractivity contribution in [1.82, 2.24) is 16.0 Å². The lowest BCUT2D eigenvalue weighted by molar-refractivity contribution is -0.141. The molecule has 26 heavy (non-hydrogen) atoms. The number of carboxylic acids is 1. The first-order valence-electron chi connectivity index (χ1n) is 8.07. The van der Waals surface area contributed by atoms with Crippen molar-refractivity contribution in [3.8, 4) is 0 Å². The van der Waals surface area contributed by atoms with Gasteiger partial charge in [-0.2, -0.15) is 11.8 Å². The van der Waals surface area contributed by atoms with E-state index < -0.39 is 54.0 Å². The Hall–Kier alpha value is -1.85. The summed E-state index contributed by atoms with van der Waals surface area (Å²) >= 11 is 1.52. The maximum atomic E-state index is 12.3. The Kier molecular flexibility index (Phi) is 10.9. The molecule has 0 aromatic heterocycles. The molecule has 11 heteroatoms. The average Bonchev–Trinajstić information content (AvgIpc) is 2.56. The summed E-state index contributed by atoms with van der Waals surface area (Å²) in [6.07, 6.45) is 1.06. The van der Waals surface area contributed by atoms with Crippen molar-refractivity contribution in [2.45, 2.75) is 57.5 Å². The summed E-state index contributed by atoms with van der Waals surface area (Å²) in [5.41, 5.74) is 5.73. The lowest BCUT2D eigenvalue weighted by Crippen LogP contribution is -2.59. The summed E-state index contributed by atoms with van der Waals surface area (Å²) in [6, 6.07) is -4.31. The van der Waals surface area contributed by atoms with Crippen molar-refractivity contribution in [1.29, 1.82) is 0 Å². The van der Waals surface area contributed by atoms with Crippen LogP contribution in [0, 0.1) is 0 Å². The monoisotopic (exact) mass is 392 g/mol. The summed E-state index contributed by atoms with van der Waals surface area (Å²) in [5, 5.41) is 25.4. The highest BCUT2D eigenvalue weighted by molar-refractivity contribution is 7.98. The van der Waals surface area contributed by atoms with Crippen LogP contribution in [0.3, 0.4) is 0 Å². The van der Waals surface area contributed by atoms with Gasteiger partial charge in [-0.05, 0) is 39.2 Å². The Balaban J connectivity index is 4.79. The second-order valence-corrected chi connectivity index (χ2v) is 6.90. The zero-order valence-electron chi connectivity index (χ0n) is 15.3. The van der Waals surface area contributed by atoms with Crippen molar-refractivity contribution >= 4 is 35.5 Å². The van der Waals surface area contributed by atoms with Crippen molar-refractivity contribution < 1.29 is 29.4 Å². The quantitative estimate of drug-likeness (QED) is 0.235. The van der Waals surface area contributed by atoms with Crippen molar-refractivity contribution in [3.05, 3.63) is 0 Å². The van der Waals surface area contributed by atoms with Gasteiger partial charge in [0.25, 0.3) is 0 Å². The predicted molar refractivity (Wildman–Crippen MR) is 97.4 cm³/mol. The molecule has 10 nitrogen and oxygen atoms in total. The molecule has 7 N–H and O–H groups in total. The van der Waals surface area contributed by atoms with Crippen LogP contribution in [0.5, 0.6) is 0 Å². The number of nitrogens with two attached hydrogens (primary N) is 1. The molecule has 0 unspecified atom stereocenters. The highest BCUT2D eigenvalue weighted by Crippen LogP contribution is 2.01. The van der Waals surface area contributed by atoms with E-state index in [4.69, 9.17) is 10.8 Å². The van der Waals surface area contributed by atoms with Crippen LogP contribution < -0.4 is 21.7 Å². The Morgan fingerprint density at radius 2 is 1.50 bits per heavy atom. The molecule has 0 saturated heterocycles. The van der Waals surface area contributed by atoms with E-state index >= 15 is 0 Å². The van der Waals surface area contributed by atoms with Gasteiger partial charge in [0.1, 0.15) is 18.1 Å². The lowest BCUT2D eigenvalue weighted by Gasteiger charge is -2.24. The third-order valence-electron chi connectivity index (χ3n) is 3.51. The minimum Gasteiger partial charge on any atom is -0.480 e. The molecular formula is C15H28N4O6S. The summed E-state index contributed by atoms with van der Waals surface area (Å²) < 4.78 is 0. The fraction of sp³-hybridized carbons (Fsp3) is 0.733. The maximum Gasteiger partial charge on any atom is 0.325 e. The van der Waals surface area contributed by atoms with Gasteiger partial charge in [-0.25, -0.2) is 0 Å². The van der Waals surface area contributed by atoms with Gasteiger partial charge in [0.2, 0.25) is 17.7 Å². The summed E-state index contributed by atoms with van der Waals surface area (Å²) in [5.74, 6) is -2.63. The highest BCUT2D eigenvalue weighted by atomic mass is 32.2. The van der Waals surface area contributed by atoms with Crippen LogP contribution in [-0.4, -0.2) is 76.2 Å². The Bertz CT molecular complexity index is 516. The molecule has 0 aliphatic rings. The maximum absolute atomic E-state index is 12.3. The molecular weight excluding hydrogens is 364 g/mol. The number of carboxylic acid groups (broad SMARTS) is 1. The second-order valence-electron chi connectivity index (χ2n) is 5.91. The van der Waals surface area contributed by atoms with E-state index in [1.807, 2.05) is 6.26 Å². The molecule has 0 aliphatic heterocycles. The third kappa shape index (κ3) is 8.50. The smallest absolute Gasteiger partial charge is 0.325 e. The van der Waals surface area contributed by atoms with Gasteiger partial charge in [0.15, 0.2) is 0 Å². The van der Waals surface area contributed by atoms with Crippen molar-refractivity contribution in [2.75, 3.05) is 12.0 Å². The average molecular weight is 392 g/mol. The number of carbonyl (C=O) groups excluding carboxylic acids is 3. The highest BCUT2D eigenvalue weighted by Gasteiger charge is 2.30. The molecule has 0 saturated carbocycles. The lowest BCUT2D eigenvalue weighted by atomic mass is 10.1. The number of aliphatic hydroxyl groups excluding tert-OH is 1. The van der Waals surface area contributed by atoms with E-state index in [1.165, 1.54) is 32.5 Å². The number of amides is 3. The van der Waals surface area contributed by atoms with E-state index in [0.717, 1.165) is 0 Å². The summed E-state index contributed by atoms with van der Waals surface area (Å²) in [4.78, 5) is 46.9. The molecule has 0 spiro atoms. The number of thioether (sulfide) groups is 1. The summed E-state index contributed by atoms with van der Waals surface area (Å²) in [7, 11) is 0. The molecule has 5 atom stereocenters. The van der Waals surface area contributed by atoms with Crippen LogP contribution in [0.1, 0.15) is 27.2 Å². The van der Waals surface area contributed by atoms with Crippen LogP contribution >= 0.6 is 11.8 Å². The number of nitrogens with one attached hydrogen (secondary N) is 3. The van der Waals surface area contributed by atoms with E-state index in [2.05, 4.69) is 16.0 Å². The number of aliphatic hydroxyl groups is 1. The van der Waals surface area contributed by atoms with E-state index in [-0.39, 0.29) is 0 Å². The first-order chi connectivity index (χ1) is 12.0. The largest absolute Gasteiger partial charge is 0.480 e. The number of hydrogen-bond acceptors (Lipinski definition) is 7. The molecule has 0 heterocycles. The zero-order valence-corrected chi connectivity index (χ0v) is 16.1.